The van der Waals surface area contributed by atoms with Gasteiger partial charge in [0.25, 0.3) is 0 Å². The van der Waals surface area contributed by atoms with E-state index in [-0.39, 0.29) is 6.10 Å². The predicted molar refractivity (Wildman–Crippen MR) is 71.4 cm³/mol. The summed E-state index contributed by atoms with van der Waals surface area (Å²) in [6.07, 6.45) is -0.174. The predicted octanol–water partition coefficient (Wildman–Crippen LogP) is 0.469. The Morgan fingerprint density at radius 3 is 2.72 bits per heavy atom. The summed E-state index contributed by atoms with van der Waals surface area (Å²) in [6.45, 7) is 11.0. The quantitative estimate of drug-likeness (QED) is 0.596. The van der Waals surface area contributed by atoms with E-state index in [2.05, 4.69) is 6.58 Å². The van der Waals surface area contributed by atoms with Crippen molar-refractivity contribution in [2.24, 2.45) is 0 Å². The Morgan fingerprint density at radius 1 is 1.56 bits per heavy atom. The number of rotatable bonds is 4. The normalized spacial score (nSPS) is 36.4. The molecule has 0 saturated carbocycles. The lowest BCUT2D eigenvalue weighted by Gasteiger charge is -2.38. The summed E-state index contributed by atoms with van der Waals surface area (Å²) >= 11 is 0. The maximum Gasteiger partial charge on any atom is 0.362 e. The van der Waals surface area contributed by atoms with Crippen LogP contribution >= 0.6 is 0 Å². The lowest BCUT2D eigenvalue weighted by Crippen LogP contribution is -2.53. The minimum Gasteiger partial charge on any atom is -0.392 e. The van der Waals surface area contributed by atoms with Crippen molar-refractivity contribution in [1.82, 2.24) is 4.90 Å². The van der Waals surface area contributed by atoms with E-state index in [1.54, 1.807) is 12.6 Å². The van der Waals surface area contributed by atoms with Crippen molar-refractivity contribution < 1.29 is 18.8 Å². The van der Waals surface area contributed by atoms with Crippen molar-refractivity contribution in [3.05, 3.63) is 12.3 Å². The van der Waals surface area contributed by atoms with Gasteiger partial charge >= 0.3 is 8.56 Å². The third-order valence-electron chi connectivity index (χ3n) is 2.82. The van der Waals surface area contributed by atoms with E-state index in [0.29, 0.717) is 19.6 Å². The van der Waals surface area contributed by atoms with Crippen molar-refractivity contribution in [3.8, 4) is 0 Å². The van der Waals surface area contributed by atoms with Crippen LogP contribution in [0.4, 0.5) is 0 Å². The Kier molecular flexibility index (Phi) is 5.68. The fraction of sp³-hybridized carbons (Fsp3) is 0.750. The van der Waals surface area contributed by atoms with Crippen LogP contribution in [0.3, 0.4) is 0 Å². The maximum absolute atomic E-state index is 11.1. The molecule has 1 saturated heterocycles. The molecule has 0 amide bonds. The molecule has 104 valence electrons. The first-order chi connectivity index (χ1) is 8.38. The fourth-order valence-corrected chi connectivity index (χ4v) is 4.04. The van der Waals surface area contributed by atoms with Gasteiger partial charge in [-0.05, 0) is 26.1 Å². The zero-order valence-corrected chi connectivity index (χ0v) is 12.3. The van der Waals surface area contributed by atoms with Crippen molar-refractivity contribution >= 4 is 14.8 Å². The zero-order valence-electron chi connectivity index (χ0n) is 11.3. The van der Waals surface area contributed by atoms with Crippen molar-refractivity contribution in [2.75, 3.05) is 19.6 Å². The first kappa shape index (κ1) is 15.5. The van der Waals surface area contributed by atoms with E-state index in [4.69, 9.17) is 8.85 Å². The van der Waals surface area contributed by atoms with Gasteiger partial charge in [0, 0.05) is 19.6 Å². The number of carbonyl (C=O) groups is 1. The second-order valence-electron chi connectivity index (χ2n) is 5.01. The van der Waals surface area contributed by atoms with E-state index in [0.717, 1.165) is 6.29 Å². The van der Waals surface area contributed by atoms with Crippen LogP contribution in [0.5, 0.6) is 0 Å². The van der Waals surface area contributed by atoms with E-state index in [1.807, 2.05) is 18.4 Å². The first-order valence-corrected chi connectivity index (χ1v) is 8.63. The molecule has 0 spiro atoms. The van der Waals surface area contributed by atoms with Gasteiger partial charge in [0.2, 0.25) is 0 Å². The van der Waals surface area contributed by atoms with Gasteiger partial charge in [0.15, 0.2) is 0 Å². The van der Waals surface area contributed by atoms with E-state index >= 15 is 0 Å². The molecule has 4 atom stereocenters. The second-order valence-corrected chi connectivity index (χ2v) is 7.92. The maximum atomic E-state index is 11.1. The second kappa shape index (κ2) is 6.58. The molecule has 0 aliphatic carbocycles. The van der Waals surface area contributed by atoms with Crippen molar-refractivity contribution in [1.29, 1.82) is 0 Å². The number of β-amino-alcohol motifs (C(OH)–C–C–N with tert-alkyl or cyclic N) is 1. The third-order valence-corrected chi connectivity index (χ3v) is 5.20. The Bertz CT molecular complexity index is 300. The topological polar surface area (TPSA) is 59.0 Å². The van der Waals surface area contributed by atoms with Gasteiger partial charge < -0.3 is 18.8 Å². The molecule has 1 rings (SSSR count). The van der Waals surface area contributed by atoms with Crippen molar-refractivity contribution in [3.63, 3.8) is 0 Å². The van der Waals surface area contributed by atoms with Crippen LogP contribution in [0.1, 0.15) is 13.8 Å². The molecule has 0 radical (unpaired) electrons. The van der Waals surface area contributed by atoms with Gasteiger partial charge in [-0.2, -0.15) is 0 Å². The highest BCUT2D eigenvalue weighted by atomic mass is 28.4. The van der Waals surface area contributed by atoms with Crippen LogP contribution < -0.4 is 0 Å². The summed E-state index contributed by atoms with van der Waals surface area (Å²) in [5.74, 6) is 0. The Hall–Kier alpha value is -0.533. The summed E-state index contributed by atoms with van der Waals surface area (Å²) in [4.78, 5) is 13.1. The SMILES string of the molecule is C=C[Si]1(C)OC(C)CN(CC(C)O)CC(C=O)O1. The number of carbonyl (C=O) groups excluding carboxylic acids is 1. The number of hydrogen-bond donors (Lipinski definition) is 1. The van der Waals surface area contributed by atoms with Gasteiger partial charge in [-0.15, -0.1) is 6.58 Å². The van der Waals surface area contributed by atoms with Gasteiger partial charge in [-0.1, -0.05) is 0 Å². The van der Waals surface area contributed by atoms with Gasteiger partial charge in [0.1, 0.15) is 12.4 Å². The van der Waals surface area contributed by atoms with Gasteiger partial charge in [-0.25, -0.2) is 0 Å². The van der Waals surface area contributed by atoms with Crippen LogP contribution in [0.15, 0.2) is 12.3 Å². The van der Waals surface area contributed by atoms with E-state index < -0.39 is 20.8 Å². The molecule has 5 nitrogen and oxygen atoms in total. The van der Waals surface area contributed by atoms with Crippen molar-refractivity contribution in [2.45, 2.75) is 38.7 Å². The standard InChI is InChI=1S/C12H23NO4Si/c1-5-18(4)16-11(3)7-13(6-10(2)15)8-12(9-14)17-18/h5,9-12,15H,1,6-8H2,2-4H3. The summed E-state index contributed by atoms with van der Waals surface area (Å²) in [5.41, 5.74) is 1.70. The van der Waals surface area contributed by atoms with Crippen LogP contribution in [-0.2, 0) is 13.6 Å². The average Bonchev–Trinajstić information content (AvgIpc) is 2.25. The molecular formula is C12H23NO4Si. The Balaban J connectivity index is 2.77. The first-order valence-electron chi connectivity index (χ1n) is 6.23. The number of nitrogens with zero attached hydrogens (tertiary/aromatic N) is 1. The molecule has 1 aliphatic heterocycles. The number of aliphatic hydroxyl groups is 1. The third kappa shape index (κ3) is 4.62. The molecule has 18 heavy (non-hydrogen) atoms. The van der Waals surface area contributed by atoms with Crippen LogP contribution in [0, 0.1) is 0 Å². The molecule has 0 aromatic carbocycles. The number of hydrogen-bond acceptors (Lipinski definition) is 5. The Morgan fingerprint density at radius 2 is 2.22 bits per heavy atom. The molecule has 1 aliphatic rings. The molecule has 6 heteroatoms. The summed E-state index contributed by atoms with van der Waals surface area (Å²) in [7, 11) is -2.47. The van der Waals surface area contributed by atoms with Gasteiger partial charge in [0.05, 0.1) is 12.2 Å². The summed E-state index contributed by atoms with van der Waals surface area (Å²) < 4.78 is 11.7. The monoisotopic (exact) mass is 273 g/mol. The molecule has 0 bridgehead atoms. The van der Waals surface area contributed by atoms with Crippen LogP contribution in [0.2, 0.25) is 6.55 Å². The molecule has 1 fully saturated rings. The smallest absolute Gasteiger partial charge is 0.362 e. The molecular weight excluding hydrogens is 250 g/mol. The van der Waals surface area contributed by atoms with Crippen LogP contribution in [0.25, 0.3) is 0 Å². The summed E-state index contributed by atoms with van der Waals surface area (Å²) in [6, 6.07) is 0. The largest absolute Gasteiger partial charge is 0.392 e. The number of aldehydes is 1. The molecule has 4 unspecified atom stereocenters. The lowest BCUT2D eigenvalue weighted by molar-refractivity contribution is -0.117. The highest BCUT2D eigenvalue weighted by molar-refractivity contribution is 6.71. The molecule has 1 heterocycles. The molecule has 1 N–H and O–H groups in total. The molecule has 0 aromatic rings. The summed E-state index contributed by atoms with van der Waals surface area (Å²) in [5, 5.41) is 9.44. The zero-order chi connectivity index (χ0) is 13.8. The minimum absolute atomic E-state index is 0.00832. The fourth-order valence-electron chi connectivity index (χ4n) is 2.18. The molecule has 0 aromatic heterocycles. The highest BCUT2D eigenvalue weighted by Crippen LogP contribution is 2.18. The highest BCUT2D eigenvalue weighted by Gasteiger charge is 2.36. The van der Waals surface area contributed by atoms with E-state index in [9.17, 15) is 9.90 Å². The number of aliphatic hydroxyl groups excluding tert-OH is 1. The Labute approximate surface area is 110 Å². The van der Waals surface area contributed by atoms with E-state index in [1.165, 1.54) is 0 Å². The lowest BCUT2D eigenvalue weighted by atomic mass is 10.2. The van der Waals surface area contributed by atoms with Crippen LogP contribution in [-0.4, -0.2) is 62.8 Å². The minimum atomic E-state index is -2.47. The average molecular weight is 273 g/mol. The van der Waals surface area contributed by atoms with Gasteiger partial charge in [-0.3, -0.25) is 4.90 Å².